The van der Waals surface area contributed by atoms with Gasteiger partial charge in [-0.25, -0.2) is 0 Å². The van der Waals surface area contributed by atoms with Crippen LogP contribution in [-0.4, -0.2) is 44.1 Å². The van der Waals surface area contributed by atoms with Gasteiger partial charge in [0.2, 0.25) is 0 Å². The average Bonchev–Trinajstić information content (AvgIpc) is 2.11. The third-order valence-corrected chi connectivity index (χ3v) is 2.59. The van der Waals surface area contributed by atoms with Crippen molar-refractivity contribution in [3.05, 3.63) is 11.6 Å². The van der Waals surface area contributed by atoms with Crippen LogP contribution in [0.2, 0.25) is 0 Å². The Kier molecular flexibility index (Phi) is 6.04. The molecule has 0 aliphatic heterocycles. The predicted octanol–water partition coefficient (Wildman–Crippen LogP) is -0.633. The molecule has 1 unspecified atom stereocenters. The van der Waals surface area contributed by atoms with Crippen molar-refractivity contribution in [2.24, 2.45) is 5.73 Å². The molecule has 0 rings (SSSR count). The standard InChI is InChI=1S/C8H14NO7P/c9-6(8(12)13)3-5(1-2-7(10)11)4-17(14,15)16/h3,6H,1-2,4,9H2,(H,10,11)(H,12,13)(H2,14,15,16)/b5-3+. The Hall–Kier alpha value is -1.21. The summed E-state index contributed by atoms with van der Waals surface area (Å²) in [4.78, 5) is 38.3. The maximum absolute atomic E-state index is 10.8. The van der Waals surface area contributed by atoms with Crippen molar-refractivity contribution in [1.82, 2.24) is 0 Å². The molecule has 0 bridgehead atoms. The van der Waals surface area contributed by atoms with Gasteiger partial charge in [0.05, 0.1) is 6.16 Å². The summed E-state index contributed by atoms with van der Waals surface area (Å²) < 4.78 is 10.8. The van der Waals surface area contributed by atoms with Crippen molar-refractivity contribution in [2.75, 3.05) is 6.16 Å². The summed E-state index contributed by atoms with van der Waals surface area (Å²) in [5.41, 5.74) is 5.19. The van der Waals surface area contributed by atoms with Crippen molar-refractivity contribution in [1.29, 1.82) is 0 Å². The number of rotatable bonds is 7. The predicted molar refractivity (Wildman–Crippen MR) is 57.5 cm³/mol. The number of aliphatic carboxylic acids is 2. The van der Waals surface area contributed by atoms with Gasteiger partial charge in [0.15, 0.2) is 0 Å². The summed E-state index contributed by atoms with van der Waals surface area (Å²) in [5, 5.41) is 17.0. The Balaban J connectivity index is 4.77. The monoisotopic (exact) mass is 267 g/mol. The average molecular weight is 267 g/mol. The van der Waals surface area contributed by atoms with Gasteiger partial charge in [0.1, 0.15) is 6.04 Å². The van der Waals surface area contributed by atoms with Crippen LogP contribution in [-0.2, 0) is 14.2 Å². The molecule has 0 saturated heterocycles. The van der Waals surface area contributed by atoms with Gasteiger partial charge in [-0.3, -0.25) is 14.2 Å². The molecule has 1 atom stereocenters. The number of carboxylic acid groups (broad SMARTS) is 2. The number of allylic oxidation sites excluding steroid dienone is 1. The van der Waals surface area contributed by atoms with Gasteiger partial charge in [-0.05, 0) is 6.42 Å². The lowest BCUT2D eigenvalue weighted by Crippen LogP contribution is -2.28. The topological polar surface area (TPSA) is 158 Å². The van der Waals surface area contributed by atoms with Crippen molar-refractivity contribution in [2.45, 2.75) is 18.9 Å². The molecule has 0 aliphatic rings. The highest BCUT2D eigenvalue weighted by molar-refractivity contribution is 7.52. The Morgan fingerprint density at radius 1 is 1.24 bits per heavy atom. The Bertz CT molecular complexity index is 372. The first-order chi connectivity index (χ1) is 7.61. The Labute approximate surface area is 96.9 Å². The van der Waals surface area contributed by atoms with Crippen LogP contribution in [0.15, 0.2) is 11.6 Å². The van der Waals surface area contributed by atoms with E-state index in [-0.39, 0.29) is 18.4 Å². The minimum atomic E-state index is -4.38. The highest BCUT2D eigenvalue weighted by Crippen LogP contribution is 2.37. The summed E-state index contributed by atoms with van der Waals surface area (Å²) in [6, 6.07) is -1.41. The van der Waals surface area contributed by atoms with Crippen LogP contribution < -0.4 is 5.73 Å². The molecule has 0 fully saturated rings. The summed E-state index contributed by atoms with van der Waals surface area (Å²) in [5.74, 6) is -2.51. The quantitative estimate of drug-likeness (QED) is 0.301. The highest BCUT2D eigenvalue weighted by Gasteiger charge is 2.19. The van der Waals surface area contributed by atoms with Crippen LogP contribution >= 0.6 is 7.60 Å². The van der Waals surface area contributed by atoms with Crippen LogP contribution in [0.1, 0.15) is 12.8 Å². The fraction of sp³-hybridized carbons (Fsp3) is 0.500. The fourth-order valence-corrected chi connectivity index (χ4v) is 1.87. The first-order valence-electron chi connectivity index (χ1n) is 4.56. The molecule has 0 aromatic carbocycles. The molecule has 0 spiro atoms. The molecule has 0 saturated carbocycles. The fourth-order valence-electron chi connectivity index (χ4n) is 1.07. The highest BCUT2D eigenvalue weighted by atomic mass is 31.2. The van der Waals surface area contributed by atoms with E-state index in [4.69, 9.17) is 25.7 Å². The molecule has 98 valence electrons. The van der Waals surface area contributed by atoms with Crippen molar-refractivity contribution in [3.63, 3.8) is 0 Å². The Morgan fingerprint density at radius 2 is 1.76 bits per heavy atom. The number of hydrogen-bond acceptors (Lipinski definition) is 4. The number of carboxylic acids is 2. The maximum Gasteiger partial charge on any atom is 0.329 e. The summed E-state index contributed by atoms with van der Waals surface area (Å²) in [7, 11) is -4.38. The smallest absolute Gasteiger partial charge is 0.329 e. The zero-order chi connectivity index (χ0) is 13.6. The van der Waals surface area contributed by atoms with Crippen molar-refractivity contribution in [3.8, 4) is 0 Å². The minimum absolute atomic E-state index is 0.0237. The van der Waals surface area contributed by atoms with Crippen molar-refractivity contribution >= 4 is 19.5 Å². The third-order valence-electron chi connectivity index (χ3n) is 1.77. The zero-order valence-electron chi connectivity index (χ0n) is 8.81. The lowest BCUT2D eigenvalue weighted by molar-refractivity contribution is -0.137. The SMILES string of the molecule is NC(/C=C(\CCC(=O)O)CP(=O)(O)O)C(=O)O. The van der Waals surface area contributed by atoms with E-state index >= 15 is 0 Å². The summed E-state index contributed by atoms with van der Waals surface area (Å²) in [6.45, 7) is 0. The molecular weight excluding hydrogens is 253 g/mol. The first-order valence-corrected chi connectivity index (χ1v) is 6.36. The van der Waals surface area contributed by atoms with Gasteiger partial charge >= 0.3 is 19.5 Å². The van der Waals surface area contributed by atoms with Gasteiger partial charge in [-0.2, -0.15) is 0 Å². The van der Waals surface area contributed by atoms with Crippen molar-refractivity contribution < 1.29 is 34.2 Å². The van der Waals surface area contributed by atoms with Gasteiger partial charge < -0.3 is 25.7 Å². The van der Waals surface area contributed by atoms with Gasteiger partial charge in [-0.15, -0.1) is 0 Å². The molecule has 0 aliphatic carbocycles. The van der Waals surface area contributed by atoms with Gasteiger partial charge in [-0.1, -0.05) is 11.6 Å². The van der Waals surface area contributed by atoms with Crippen LogP contribution in [0, 0.1) is 0 Å². The largest absolute Gasteiger partial charge is 0.481 e. The number of hydrogen-bond donors (Lipinski definition) is 5. The first kappa shape index (κ1) is 15.8. The van der Waals surface area contributed by atoms with E-state index in [9.17, 15) is 14.2 Å². The van der Waals surface area contributed by atoms with E-state index in [1.807, 2.05) is 0 Å². The van der Waals surface area contributed by atoms with E-state index in [1.165, 1.54) is 0 Å². The maximum atomic E-state index is 10.8. The molecule has 0 aromatic rings. The molecule has 17 heavy (non-hydrogen) atoms. The van der Waals surface area contributed by atoms with E-state index in [1.54, 1.807) is 0 Å². The van der Waals surface area contributed by atoms with Crippen LogP contribution in [0.3, 0.4) is 0 Å². The zero-order valence-corrected chi connectivity index (χ0v) is 9.71. The molecular formula is C8H14NO7P. The van der Waals surface area contributed by atoms with Crippen LogP contribution in [0.5, 0.6) is 0 Å². The molecule has 6 N–H and O–H groups in total. The summed E-state index contributed by atoms with van der Waals surface area (Å²) >= 11 is 0. The number of carbonyl (C=O) groups is 2. The molecule has 0 amide bonds. The van der Waals surface area contributed by atoms with E-state index in [0.29, 0.717) is 0 Å². The molecule has 9 heteroatoms. The van der Waals surface area contributed by atoms with Crippen LogP contribution in [0.25, 0.3) is 0 Å². The third kappa shape index (κ3) is 8.58. The normalized spacial score (nSPS) is 14.4. The minimum Gasteiger partial charge on any atom is -0.481 e. The second kappa shape index (κ2) is 6.51. The Morgan fingerprint density at radius 3 is 2.12 bits per heavy atom. The lowest BCUT2D eigenvalue weighted by atomic mass is 10.1. The van der Waals surface area contributed by atoms with E-state index in [0.717, 1.165) is 6.08 Å². The molecule has 8 nitrogen and oxygen atoms in total. The van der Waals surface area contributed by atoms with E-state index in [2.05, 4.69) is 0 Å². The van der Waals surface area contributed by atoms with Gasteiger partial charge in [0.25, 0.3) is 0 Å². The number of nitrogens with two attached hydrogens (primary N) is 1. The molecule has 0 radical (unpaired) electrons. The molecule has 0 heterocycles. The van der Waals surface area contributed by atoms with Gasteiger partial charge in [0, 0.05) is 6.42 Å². The summed E-state index contributed by atoms with van der Waals surface area (Å²) in [6.07, 6.45) is -0.231. The second-order valence-corrected chi connectivity index (χ2v) is 5.05. The molecule has 0 aromatic heterocycles. The van der Waals surface area contributed by atoms with Crippen LogP contribution in [0.4, 0.5) is 0 Å². The second-order valence-electron chi connectivity index (χ2n) is 3.41. The lowest BCUT2D eigenvalue weighted by Gasteiger charge is -2.09. The van der Waals surface area contributed by atoms with E-state index < -0.39 is 31.7 Å².